The molecule has 0 aromatic carbocycles. The van der Waals surface area contributed by atoms with E-state index in [1.165, 1.54) is 6.08 Å². The second-order valence-electron chi connectivity index (χ2n) is 0.584. The summed E-state index contributed by atoms with van der Waals surface area (Å²) in [6.45, 7) is 3.47. The highest BCUT2D eigenvalue weighted by atomic mass is 17.1. The van der Waals surface area contributed by atoms with Gasteiger partial charge in [-0.1, -0.05) is 6.08 Å². The van der Waals surface area contributed by atoms with Crippen LogP contribution in [-0.4, -0.2) is 11.9 Å². The Morgan fingerprint density at radius 1 is 2.00 bits per heavy atom. The van der Waals surface area contributed by atoms with Crippen LogP contribution in [-0.2, 0) is 4.89 Å². The van der Waals surface area contributed by atoms with Crippen molar-refractivity contribution in [2.24, 2.45) is 0 Å². The Kier molecular flexibility index (Phi) is 3.41. The zero-order valence-electron chi connectivity index (χ0n) is 2.85. The molecular formula is C3H6O2. The normalized spacial score (nSPS) is 7.40. The molecule has 0 aliphatic heterocycles. The van der Waals surface area contributed by atoms with Crippen LogP contribution in [0.1, 0.15) is 0 Å². The minimum absolute atomic E-state index is 0.208. The number of rotatable bonds is 2. The van der Waals surface area contributed by atoms with E-state index < -0.39 is 0 Å². The molecule has 0 rings (SSSR count). The molecule has 0 fully saturated rings. The molecule has 0 atom stereocenters. The third-order valence-corrected chi connectivity index (χ3v) is 0.192. The van der Waals surface area contributed by atoms with E-state index in [1.54, 1.807) is 0 Å². The lowest BCUT2D eigenvalue weighted by Crippen LogP contribution is -1.77. The molecule has 0 bridgehead atoms. The highest BCUT2D eigenvalue weighted by Gasteiger charge is 1.60. The molecule has 0 aromatic rings. The largest absolute Gasteiger partial charge is 0.252 e. The fraction of sp³-hybridized carbons (Fsp3) is 0.333. The molecule has 0 heterocycles. The Bertz CT molecular complexity index is 26.1. The van der Waals surface area contributed by atoms with E-state index in [0.29, 0.717) is 0 Å². The van der Waals surface area contributed by atoms with Crippen molar-refractivity contribution in [2.75, 3.05) is 6.61 Å². The Morgan fingerprint density at radius 2 is 2.60 bits per heavy atom. The maximum absolute atomic E-state index is 7.50. The lowest BCUT2D eigenvalue weighted by molar-refractivity contribution is -0.231. The summed E-state index contributed by atoms with van der Waals surface area (Å²) < 4.78 is 0. The smallest absolute Gasteiger partial charge is 0.0998 e. The second-order valence-corrected chi connectivity index (χ2v) is 0.584. The highest BCUT2D eigenvalue weighted by molar-refractivity contribution is 4.61. The molecule has 0 aliphatic rings. The summed E-state index contributed by atoms with van der Waals surface area (Å²) in [5.74, 6) is 0. The van der Waals surface area contributed by atoms with Crippen LogP contribution < -0.4 is 0 Å². The zero-order valence-corrected chi connectivity index (χ0v) is 2.85. The van der Waals surface area contributed by atoms with Gasteiger partial charge < -0.3 is 0 Å². The van der Waals surface area contributed by atoms with Gasteiger partial charge in [-0.3, -0.25) is 5.26 Å². The molecule has 0 unspecified atom stereocenters. The lowest BCUT2D eigenvalue weighted by atomic mass is 10.7. The average molecular weight is 74.1 g/mol. The predicted octanol–water partition coefficient (Wildman–Crippen LogP) is 0.662. The van der Waals surface area contributed by atoms with E-state index in [1.807, 2.05) is 0 Å². The van der Waals surface area contributed by atoms with Crippen molar-refractivity contribution in [3.8, 4) is 0 Å². The van der Waals surface area contributed by atoms with Crippen LogP contribution in [0, 0.1) is 0 Å². The minimum Gasteiger partial charge on any atom is -0.252 e. The molecule has 0 saturated carbocycles. The Labute approximate surface area is 30.6 Å². The summed E-state index contributed by atoms with van der Waals surface area (Å²) in [5, 5.41) is 7.50. The number of hydrogen-bond acceptors (Lipinski definition) is 2. The van der Waals surface area contributed by atoms with Gasteiger partial charge in [-0.15, -0.1) is 6.58 Å². The maximum atomic E-state index is 7.50. The van der Waals surface area contributed by atoms with Gasteiger partial charge in [0.05, 0.1) is 6.61 Å². The van der Waals surface area contributed by atoms with Gasteiger partial charge in [0.15, 0.2) is 0 Å². The Balaban J connectivity index is 2.40. The van der Waals surface area contributed by atoms with Gasteiger partial charge in [-0.05, 0) is 0 Å². The van der Waals surface area contributed by atoms with Crippen LogP contribution in [0.15, 0.2) is 12.7 Å². The van der Waals surface area contributed by atoms with Crippen molar-refractivity contribution in [1.29, 1.82) is 0 Å². The predicted molar refractivity (Wildman–Crippen MR) is 18.8 cm³/mol. The van der Waals surface area contributed by atoms with Crippen LogP contribution in [0.2, 0.25) is 0 Å². The van der Waals surface area contributed by atoms with Crippen LogP contribution in [0.4, 0.5) is 0 Å². The molecule has 2 nitrogen and oxygen atoms in total. The molecule has 0 saturated heterocycles. The SMILES string of the molecule is C=CCOO. The average Bonchev–Trinajstić information content (AvgIpc) is 1.41. The first-order valence-corrected chi connectivity index (χ1v) is 1.29. The van der Waals surface area contributed by atoms with Gasteiger partial charge in [0, 0.05) is 0 Å². The molecule has 5 heavy (non-hydrogen) atoms. The zero-order chi connectivity index (χ0) is 4.12. The summed E-state index contributed by atoms with van der Waals surface area (Å²) in [6, 6.07) is 0. The third-order valence-electron chi connectivity index (χ3n) is 0.192. The van der Waals surface area contributed by atoms with Crippen LogP contribution in [0.5, 0.6) is 0 Å². The van der Waals surface area contributed by atoms with Crippen molar-refractivity contribution in [1.82, 2.24) is 0 Å². The standard InChI is InChI=1S/C3H6O2/c1-2-3-5-4/h2,4H,1,3H2. The van der Waals surface area contributed by atoms with Crippen LogP contribution in [0.3, 0.4) is 0 Å². The molecular weight excluding hydrogens is 68.0 g/mol. The molecule has 1 N–H and O–H groups in total. The van der Waals surface area contributed by atoms with Crippen molar-refractivity contribution < 1.29 is 10.1 Å². The monoisotopic (exact) mass is 74.0 g/mol. The third kappa shape index (κ3) is 3.66. The summed E-state index contributed by atoms with van der Waals surface area (Å²) in [5.41, 5.74) is 0. The molecule has 0 spiro atoms. The molecule has 0 aliphatic carbocycles. The second kappa shape index (κ2) is 3.66. The first kappa shape index (κ1) is 4.66. The van der Waals surface area contributed by atoms with Crippen molar-refractivity contribution in [3.63, 3.8) is 0 Å². The van der Waals surface area contributed by atoms with E-state index >= 15 is 0 Å². The summed E-state index contributed by atoms with van der Waals surface area (Å²) in [7, 11) is 0. The molecule has 0 aromatic heterocycles. The first-order chi connectivity index (χ1) is 2.41. The summed E-state index contributed by atoms with van der Waals surface area (Å²) in [4.78, 5) is 3.57. The quantitative estimate of drug-likeness (QED) is 0.296. The summed E-state index contributed by atoms with van der Waals surface area (Å²) in [6.07, 6.45) is 1.46. The molecule has 30 valence electrons. The Hall–Kier alpha value is -0.340. The Morgan fingerprint density at radius 3 is 2.60 bits per heavy atom. The van der Waals surface area contributed by atoms with Crippen LogP contribution in [0.25, 0.3) is 0 Å². The van der Waals surface area contributed by atoms with Gasteiger partial charge in [0.2, 0.25) is 0 Å². The first-order valence-electron chi connectivity index (χ1n) is 1.29. The highest BCUT2D eigenvalue weighted by Crippen LogP contribution is 1.60. The molecule has 0 amide bonds. The fourth-order valence-electron chi connectivity index (χ4n) is 0.0527. The van der Waals surface area contributed by atoms with Gasteiger partial charge in [0.25, 0.3) is 0 Å². The van der Waals surface area contributed by atoms with Crippen LogP contribution >= 0.6 is 0 Å². The molecule has 0 radical (unpaired) electrons. The van der Waals surface area contributed by atoms with E-state index in [9.17, 15) is 0 Å². The van der Waals surface area contributed by atoms with Crippen molar-refractivity contribution in [2.45, 2.75) is 0 Å². The van der Waals surface area contributed by atoms with Crippen molar-refractivity contribution in [3.05, 3.63) is 12.7 Å². The van der Waals surface area contributed by atoms with E-state index in [0.717, 1.165) is 0 Å². The van der Waals surface area contributed by atoms with Gasteiger partial charge in [-0.2, -0.15) is 0 Å². The fourth-order valence-corrected chi connectivity index (χ4v) is 0.0527. The topological polar surface area (TPSA) is 29.5 Å². The van der Waals surface area contributed by atoms with Gasteiger partial charge in [0.1, 0.15) is 0 Å². The van der Waals surface area contributed by atoms with Crippen molar-refractivity contribution >= 4 is 0 Å². The van der Waals surface area contributed by atoms with E-state index in [4.69, 9.17) is 5.26 Å². The van der Waals surface area contributed by atoms with Gasteiger partial charge in [-0.25, -0.2) is 4.89 Å². The van der Waals surface area contributed by atoms with E-state index in [2.05, 4.69) is 11.5 Å². The maximum Gasteiger partial charge on any atom is 0.0998 e. The lowest BCUT2D eigenvalue weighted by Gasteiger charge is -1.76. The minimum atomic E-state index is 0.208. The number of hydrogen-bond donors (Lipinski definition) is 1. The van der Waals surface area contributed by atoms with Gasteiger partial charge >= 0.3 is 0 Å². The van der Waals surface area contributed by atoms with E-state index in [-0.39, 0.29) is 6.61 Å². The molecule has 2 heteroatoms. The summed E-state index contributed by atoms with van der Waals surface area (Å²) >= 11 is 0.